The SMILES string of the molecule is Cc1cccc(CNC2CC2)c1OCc1ccncc1. The zero-order chi connectivity index (χ0) is 13.8. The summed E-state index contributed by atoms with van der Waals surface area (Å²) in [6.45, 7) is 3.57. The molecule has 1 saturated carbocycles. The van der Waals surface area contributed by atoms with Crippen molar-refractivity contribution in [1.82, 2.24) is 10.3 Å². The van der Waals surface area contributed by atoms with Crippen LogP contribution in [0.2, 0.25) is 0 Å². The van der Waals surface area contributed by atoms with E-state index in [9.17, 15) is 0 Å². The van der Waals surface area contributed by atoms with E-state index >= 15 is 0 Å². The van der Waals surface area contributed by atoms with E-state index in [0.29, 0.717) is 12.6 Å². The molecule has 1 aromatic carbocycles. The van der Waals surface area contributed by atoms with Gasteiger partial charge in [-0.1, -0.05) is 18.2 Å². The van der Waals surface area contributed by atoms with Crippen LogP contribution in [-0.2, 0) is 13.2 Å². The van der Waals surface area contributed by atoms with Crippen molar-refractivity contribution in [3.63, 3.8) is 0 Å². The molecule has 1 aliphatic rings. The molecular formula is C17H20N2O. The minimum Gasteiger partial charge on any atom is -0.488 e. The second-order valence-electron chi connectivity index (χ2n) is 5.36. The molecule has 0 amide bonds. The summed E-state index contributed by atoms with van der Waals surface area (Å²) in [5.41, 5.74) is 3.57. The lowest BCUT2D eigenvalue weighted by molar-refractivity contribution is 0.300. The van der Waals surface area contributed by atoms with Crippen molar-refractivity contribution in [3.8, 4) is 5.75 Å². The summed E-state index contributed by atoms with van der Waals surface area (Å²) in [6, 6.07) is 11.0. The molecular weight excluding hydrogens is 248 g/mol. The van der Waals surface area contributed by atoms with Crippen LogP contribution in [0.25, 0.3) is 0 Å². The smallest absolute Gasteiger partial charge is 0.127 e. The van der Waals surface area contributed by atoms with Gasteiger partial charge in [0.1, 0.15) is 12.4 Å². The highest BCUT2D eigenvalue weighted by molar-refractivity contribution is 5.41. The fourth-order valence-corrected chi connectivity index (χ4v) is 2.24. The molecule has 0 spiro atoms. The Morgan fingerprint density at radius 3 is 2.75 bits per heavy atom. The Balaban J connectivity index is 1.69. The highest BCUT2D eigenvalue weighted by Gasteiger charge is 2.20. The zero-order valence-electron chi connectivity index (χ0n) is 11.8. The Bertz CT molecular complexity index is 564. The fourth-order valence-electron chi connectivity index (χ4n) is 2.24. The summed E-state index contributed by atoms with van der Waals surface area (Å²) >= 11 is 0. The third-order valence-corrected chi connectivity index (χ3v) is 3.58. The van der Waals surface area contributed by atoms with Crippen LogP contribution < -0.4 is 10.1 Å². The van der Waals surface area contributed by atoms with Crippen molar-refractivity contribution in [2.75, 3.05) is 0 Å². The number of rotatable bonds is 6. The van der Waals surface area contributed by atoms with Crippen LogP contribution >= 0.6 is 0 Å². The predicted molar refractivity (Wildman–Crippen MR) is 79.6 cm³/mol. The Morgan fingerprint density at radius 2 is 2.00 bits per heavy atom. The monoisotopic (exact) mass is 268 g/mol. The Labute approximate surface area is 120 Å². The number of hydrogen-bond acceptors (Lipinski definition) is 3. The van der Waals surface area contributed by atoms with E-state index in [-0.39, 0.29) is 0 Å². The van der Waals surface area contributed by atoms with E-state index in [1.165, 1.54) is 24.0 Å². The lowest BCUT2D eigenvalue weighted by Crippen LogP contribution is -2.16. The second-order valence-corrected chi connectivity index (χ2v) is 5.36. The number of hydrogen-bond donors (Lipinski definition) is 1. The molecule has 2 aromatic rings. The summed E-state index contributed by atoms with van der Waals surface area (Å²) < 4.78 is 6.04. The van der Waals surface area contributed by atoms with Gasteiger partial charge in [-0.05, 0) is 43.0 Å². The van der Waals surface area contributed by atoms with Gasteiger partial charge in [0.25, 0.3) is 0 Å². The molecule has 3 nitrogen and oxygen atoms in total. The molecule has 104 valence electrons. The molecule has 0 saturated heterocycles. The first-order valence-electron chi connectivity index (χ1n) is 7.16. The molecule has 1 N–H and O–H groups in total. The van der Waals surface area contributed by atoms with Crippen LogP contribution in [0.15, 0.2) is 42.7 Å². The van der Waals surface area contributed by atoms with Gasteiger partial charge in [0.15, 0.2) is 0 Å². The van der Waals surface area contributed by atoms with Crippen LogP contribution in [0, 0.1) is 6.92 Å². The lowest BCUT2D eigenvalue weighted by atomic mass is 10.1. The average Bonchev–Trinajstić information content (AvgIpc) is 3.29. The summed E-state index contributed by atoms with van der Waals surface area (Å²) in [4.78, 5) is 4.03. The number of pyridine rings is 1. The van der Waals surface area contributed by atoms with E-state index in [1.807, 2.05) is 12.1 Å². The minimum atomic E-state index is 0.587. The van der Waals surface area contributed by atoms with Gasteiger partial charge in [-0.2, -0.15) is 0 Å². The third kappa shape index (κ3) is 3.36. The molecule has 20 heavy (non-hydrogen) atoms. The van der Waals surface area contributed by atoms with Crippen LogP contribution in [0.1, 0.15) is 29.5 Å². The predicted octanol–water partition coefficient (Wildman–Crippen LogP) is 3.22. The maximum Gasteiger partial charge on any atom is 0.127 e. The van der Waals surface area contributed by atoms with E-state index in [2.05, 4.69) is 35.4 Å². The standard InChI is InChI=1S/C17H20N2O/c1-13-3-2-4-15(11-19-16-5-6-16)17(13)20-12-14-7-9-18-10-8-14/h2-4,7-10,16,19H,5-6,11-12H2,1H3. The van der Waals surface area contributed by atoms with Crippen LogP contribution in [0.3, 0.4) is 0 Å². The maximum absolute atomic E-state index is 6.04. The molecule has 1 aliphatic carbocycles. The largest absolute Gasteiger partial charge is 0.488 e. The summed E-state index contributed by atoms with van der Waals surface area (Å²) in [5.74, 6) is 1.01. The molecule has 0 unspecified atom stereocenters. The van der Waals surface area contributed by atoms with Crippen LogP contribution in [-0.4, -0.2) is 11.0 Å². The first kappa shape index (κ1) is 13.1. The summed E-state index contributed by atoms with van der Waals surface area (Å²) in [5, 5.41) is 3.55. The lowest BCUT2D eigenvalue weighted by Gasteiger charge is -2.14. The number of nitrogens with one attached hydrogen (secondary N) is 1. The zero-order valence-corrected chi connectivity index (χ0v) is 11.8. The van der Waals surface area contributed by atoms with Crippen molar-refractivity contribution in [3.05, 3.63) is 59.4 Å². The van der Waals surface area contributed by atoms with Gasteiger partial charge in [0.05, 0.1) is 0 Å². The van der Waals surface area contributed by atoms with E-state index in [1.54, 1.807) is 12.4 Å². The molecule has 0 radical (unpaired) electrons. The normalized spacial score (nSPS) is 14.2. The van der Waals surface area contributed by atoms with Crippen LogP contribution in [0.5, 0.6) is 5.75 Å². The maximum atomic E-state index is 6.04. The third-order valence-electron chi connectivity index (χ3n) is 3.58. The highest BCUT2D eigenvalue weighted by Crippen LogP contribution is 2.26. The fraction of sp³-hybridized carbons (Fsp3) is 0.353. The van der Waals surface area contributed by atoms with Crippen molar-refractivity contribution >= 4 is 0 Å². The average molecular weight is 268 g/mol. The number of nitrogens with zero attached hydrogens (tertiary/aromatic N) is 1. The van der Waals surface area contributed by atoms with Crippen molar-refractivity contribution in [2.45, 2.75) is 39.0 Å². The van der Waals surface area contributed by atoms with E-state index in [0.717, 1.165) is 17.9 Å². The second kappa shape index (κ2) is 6.06. The number of aryl methyl sites for hydroxylation is 1. The van der Waals surface area contributed by atoms with Gasteiger partial charge < -0.3 is 10.1 Å². The quantitative estimate of drug-likeness (QED) is 0.873. The minimum absolute atomic E-state index is 0.587. The Hall–Kier alpha value is -1.87. The molecule has 3 rings (SSSR count). The van der Waals surface area contributed by atoms with Gasteiger partial charge in [-0.3, -0.25) is 4.98 Å². The Morgan fingerprint density at radius 1 is 1.20 bits per heavy atom. The van der Waals surface area contributed by atoms with Gasteiger partial charge in [0.2, 0.25) is 0 Å². The van der Waals surface area contributed by atoms with Crippen molar-refractivity contribution < 1.29 is 4.74 Å². The number of ether oxygens (including phenoxy) is 1. The molecule has 0 aliphatic heterocycles. The first-order valence-corrected chi connectivity index (χ1v) is 7.16. The van der Waals surface area contributed by atoms with Gasteiger partial charge >= 0.3 is 0 Å². The highest BCUT2D eigenvalue weighted by atomic mass is 16.5. The summed E-state index contributed by atoms with van der Waals surface area (Å²) in [7, 11) is 0. The van der Waals surface area contributed by atoms with Gasteiger partial charge in [-0.15, -0.1) is 0 Å². The van der Waals surface area contributed by atoms with Crippen molar-refractivity contribution in [1.29, 1.82) is 0 Å². The first-order chi connectivity index (χ1) is 9.83. The topological polar surface area (TPSA) is 34.1 Å². The number of aromatic nitrogens is 1. The number of benzene rings is 1. The molecule has 0 atom stereocenters. The van der Waals surface area contributed by atoms with Crippen LogP contribution in [0.4, 0.5) is 0 Å². The molecule has 1 fully saturated rings. The van der Waals surface area contributed by atoms with Crippen molar-refractivity contribution in [2.24, 2.45) is 0 Å². The summed E-state index contributed by atoms with van der Waals surface area (Å²) in [6.07, 6.45) is 6.20. The number of para-hydroxylation sites is 1. The molecule has 0 bridgehead atoms. The molecule has 3 heteroatoms. The van der Waals surface area contributed by atoms with E-state index < -0.39 is 0 Å². The molecule has 1 heterocycles. The Kier molecular flexibility index (Phi) is 3.97. The molecule has 1 aromatic heterocycles. The van der Waals surface area contributed by atoms with Gasteiger partial charge in [-0.25, -0.2) is 0 Å². The van der Waals surface area contributed by atoms with E-state index in [4.69, 9.17) is 4.74 Å². The van der Waals surface area contributed by atoms with Gasteiger partial charge in [0, 0.05) is 30.5 Å².